The first-order valence-corrected chi connectivity index (χ1v) is 7.10. The van der Waals surface area contributed by atoms with Crippen molar-refractivity contribution in [2.75, 3.05) is 18.8 Å². The van der Waals surface area contributed by atoms with E-state index in [1.807, 2.05) is 25.7 Å². The number of hydrogen-bond acceptors (Lipinski definition) is 3. The van der Waals surface area contributed by atoms with Crippen LogP contribution >= 0.6 is 15.9 Å². The number of rotatable bonds is 1. The number of nitrogens with zero attached hydrogens (tertiary/aromatic N) is 1. The van der Waals surface area contributed by atoms with Crippen LogP contribution in [-0.4, -0.2) is 35.6 Å². The van der Waals surface area contributed by atoms with E-state index in [4.69, 9.17) is 10.5 Å². The van der Waals surface area contributed by atoms with Crippen molar-refractivity contribution in [3.8, 4) is 0 Å². The quantitative estimate of drug-likeness (QED) is 0.807. The molecule has 1 amide bonds. The second kappa shape index (κ2) is 5.13. The van der Waals surface area contributed by atoms with Gasteiger partial charge in [0.1, 0.15) is 0 Å². The molecule has 0 aliphatic carbocycles. The maximum atomic E-state index is 12.5. The Kier molecular flexibility index (Phi) is 3.87. The molecule has 1 saturated heterocycles. The lowest BCUT2D eigenvalue weighted by atomic mass is 10.0. The molecule has 2 N–H and O–H groups in total. The number of nitrogens with two attached hydrogens (primary N) is 1. The number of nitrogen functional groups attached to an aromatic ring is 1. The van der Waals surface area contributed by atoms with Crippen molar-refractivity contribution in [1.82, 2.24) is 4.90 Å². The average Bonchev–Trinajstić information content (AvgIpc) is 2.29. The number of anilines is 1. The van der Waals surface area contributed by atoms with E-state index in [0.717, 1.165) is 4.47 Å². The Bertz CT molecular complexity index is 502. The van der Waals surface area contributed by atoms with E-state index >= 15 is 0 Å². The molecule has 0 bridgehead atoms. The van der Waals surface area contributed by atoms with Gasteiger partial charge in [0.25, 0.3) is 5.91 Å². The minimum Gasteiger partial charge on any atom is -0.398 e. The molecule has 1 atom stereocenters. The standard InChI is InChI=1S/C14H19BrN2O2/c1-9-7-17(8-14(2,3)19-9)13(18)10-4-5-12(16)11(15)6-10/h4-6,9H,7-8,16H2,1-3H3. The number of carbonyl (C=O) groups excluding carboxylic acids is 1. The maximum Gasteiger partial charge on any atom is 0.254 e. The Morgan fingerprint density at radius 2 is 2.21 bits per heavy atom. The summed E-state index contributed by atoms with van der Waals surface area (Å²) in [5.41, 5.74) is 6.71. The molecule has 1 aromatic carbocycles. The van der Waals surface area contributed by atoms with Crippen molar-refractivity contribution in [3.05, 3.63) is 28.2 Å². The van der Waals surface area contributed by atoms with Gasteiger partial charge in [0, 0.05) is 28.8 Å². The first kappa shape index (κ1) is 14.3. The highest BCUT2D eigenvalue weighted by molar-refractivity contribution is 9.10. The molecule has 1 aromatic rings. The fourth-order valence-corrected chi connectivity index (χ4v) is 2.83. The van der Waals surface area contributed by atoms with Crippen molar-refractivity contribution in [1.29, 1.82) is 0 Å². The average molecular weight is 327 g/mol. The predicted octanol–water partition coefficient (Wildman–Crippen LogP) is 2.67. The summed E-state index contributed by atoms with van der Waals surface area (Å²) in [5, 5.41) is 0. The summed E-state index contributed by atoms with van der Waals surface area (Å²) in [6.07, 6.45) is 0.0462. The van der Waals surface area contributed by atoms with Crippen molar-refractivity contribution in [2.45, 2.75) is 32.5 Å². The zero-order valence-electron chi connectivity index (χ0n) is 11.4. The molecule has 1 heterocycles. The Morgan fingerprint density at radius 1 is 1.53 bits per heavy atom. The van der Waals surface area contributed by atoms with Gasteiger partial charge in [0.05, 0.1) is 11.7 Å². The Labute approximate surface area is 122 Å². The molecule has 2 rings (SSSR count). The first-order valence-electron chi connectivity index (χ1n) is 6.30. The van der Waals surface area contributed by atoms with Gasteiger partial charge in [-0.05, 0) is 54.9 Å². The largest absolute Gasteiger partial charge is 0.398 e. The Hall–Kier alpha value is -1.07. The van der Waals surface area contributed by atoms with Crippen molar-refractivity contribution >= 4 is 27.5 Å². The lowest BCUT2D eigenvalue weighted by Crippen LogP contribution is -2.53. The zero-order valence-corrected chi connectivity index (χ0v) is 13.0. The van der Waals surface area contributed by atoms with Gasteiger partial charge in [-0.3, -0.25) is 4.79 Å². The van der Waals surface area contributed by atoms with E-state index < -0.39 is 0 Å². The van der Waals surface area contributed by atoms with Crippen LogP contribution < -0.4 is 5.73 Å². The lowest BCUT2D eigenvalue weighted by molar-refractivity contribution is -0.118. The van der Waals surface area contributed by atoms with Gasteiger partial charge in [-0.25, -0.2) is 0 Å². The second-order valence-electron chi connectivity index (χ2n) is 5.61. The highest BCUT2D eigenvalue weighted by Gasteiger charge is 2.34. The molecule has 0 aromatic heterocycles. The van der Waals surface area contributed by atoms with E-state index in [2.05, 4.69) is 15.9 Å². The fourth-order valence-electron chi connectivity index (χ4n) is 2.45. The number of carbonyl (C=O) groups is 1. The fraction of sp³-hybridized carbons (Fsp3) is 0.500. The highest BCUT2D eigenvalue weighted by Crippen LogP contribution is 2.25. The summed E-state index contributed by atoms with van der Waals surface area (Å²) in [7, 11) is 0. The van der Waals surface area contributed by atoms with Crippen LogP contribution in [0.1, 0.15) is 31.1 Å². The molecule has 19 heavy (non-hydrogen) atoms. The SMILES string of the molecule is CC1CN(C(=O)c2ccc(N)c(Br)c2)CC(C)(C)O1. The molecule has 0 spiro atoms. The molecule has 1 aliphatic heterocycles. The van der Waals surface area contributed by atoms with E-state index in [-0.39, 0.29) is 17.6 Å². The van der Waals surface area contributed by atoms with Gasteiger partial charge in [-0.1, -0.05) is 0 Å². The highest BCUT2D eigenvalue weighted by atomic mass is 79.9. The number of morpholine rings is 1. The van der Waals surface area contributed by atoms with Crippen LogP contribution in [0.3, 0.4) is 0 Å². The summed E-state index contributed by atoms with van der Waals surface area (Å²) in [4.78, 5) is 14.3. The van der Waals surface area contributed by atoms with Gasteiger partial charge >= 0.3 is 0 Å². The smallest absolute Gasteiger partial charge is 0.254 e. The predicted molar refractivity (Wildman–Crippen MR) is 79.1 cm³/mol. The van der Waals surface area contributed by atoms with Crippen molar-refractivity contribution in [3.63, 3.8) is 0 Å². The van der Waals surface area contributed by atoms with Gasteiger partial charge < -0.3 is 15.4 Å². The van der Waals surface area contributed by atoms with Gasteiger partial charge in [-0.2, -0.15) is 0 Å². The maximum absolute atomic E-state index is 12.5. The summed E-state index contributed by atoms with van der Waals surface area (Å²) in [5.74, 6) is 0.0175. The van der Waals surface area contributed by atoms with Gasteiger partial charge in [0.15, 0.2) is 0 Å². The third-order valence-corrected chi connectivity index (χ3v) is 3.79. The van der Waals surface area contributed by atoms with E-state index in [0.29, 0.717) is 24.3 Å². The normalized spacial score (nSPS) is 22.3. The van der Waals surface area contributed by atoms with Gasteiger partial charge in [0.2, 0.25) is 0 Å². The molecule has 0 radical (unpaired) electrons. The topological polar surface area (TPSA) is 55.6 Å². The van der Waals surface area contributed by atoms with Crippen LogP contribution in [-0.2, 0) is 4.74 Å². The summed E-state index contributed by atoms with van der Waals surface area (Å²) < 4.78 is 6.56. The van der Waals surface area contributed by atoms with Crippen LogP contribution in [0.4, 0.5) is 5.69 Å². The van der Waals surface area contributed by atoms with Crippen molar-refractivity contribution in [2.24, 2.45) is 0 Å². The number of halogens is 1. The molecular formula is C14H19BrN2O2. The third-order valence-electron chi connectivity index (χ3n) is 3.10. The zero-order chi connectivity index (χ0) is 14.2. The summed E-state index contributed by atoms with van der Waals surface area (Å²) in [6, 6.07) is 5.27. The molecule has 1 aliphatic rings. The van der Waals surface area contributed by atoms with Crippen LogP contribution in [0.25, 0.3) is 0 Å². The molecule has 5 heteroatoms. The number of hydrogen-bond donors (Lipinski definition) is 1. The molecule has 4 nitrogen and oxygen atoms in total. The molecule has 1 unspecified atom stereocenters. The lowest BCUT2D eigenvalue weighted by Gasteiger charge is -2.41. The van der Waals surface area contributed by atoms with Crippen LogP contribution in [0.2, 0.25) is 0 Å². The number of benzene rings is 1. The number of amides is 1. The number of ether oxygens (including phenoxy) is 1. The first-order chi connectivity index (χ1) is 8.78. The summed E-state index contributed by atoms with van der Waals surface area (Å²) in [6.45, 7) is 7.20. The second-order valence-corrected chi connectivity index (χ2v) is 6.46. The van der Waals surface area contributed by atoms with Crippen LogP contribution in [0.15, 0.2) is 22.7 Å². The van der Waals surface area contributed by atoms with E-state index in [1.54, 1.807) is 18.2 Å². The Morgan fingerprint density at radius 3 is 2.79 bits per heavy atom. The molecule has 0 saturated carbocycles. The molecular weight excluding hydrogens is 308 g/mol. The van der Waals surface area contributed by atoms with Crippen molar-refractivity contribution < 1.29 is 9.53 Å². The minimum absolute atomic E-state index is 0.0175. The monoisotopic (exact) mass is 326 g/mol. The minimum atomic E-state index is -0.307. The van der Waals surface area contributed by atoms with Crippen LogP contribution in [0.5, 0.6) is 0 Å². The van der Waals surface area contributed by atoms with E-state index in [1.165, 1.54) is 0 Å². The Balaban J connectivity index is 2.21. The van der Waals surface area contributed by atoms with E-state index in [9.17, 15) is 4.79 Å². The molecule has 1 fully saturated rings. The third kappa shape index (κ3) is 3.28. The van der Waals surface area contributed by atoms with Crippen LogP contribution in [0, 0.1) is 0 Å². The summed E-state index contributed by atoms with van der Waals surface area (Å²) >= 11 is 3.35. The molecule has 104 valence electrons. The van der Waals surface area contributed by atoms with Gasteiger partial charge in [-0.15, -0.1) is 0 Å².